The van der Waals surface area contributed by atoms with Crippen LogP contribution in [0.4, 0.5) is 0 Å². The monoisotopic (exact) mass is 184 g/mol. The molecule has 14 heavy (non-hydrogen) atoms. The summed E-state index contributed by atoms with van der Waals surface area (Å²) in [6, 6.07) is 8.60. The first-order valence-corrected chi connectivity index (χ1v) is 5.27. The lowest BCUT2D eigenvalue weighted by molar-refractivity contribution is 0.809. The van der Waals surface area contributed by atoms with Crippen molar-refractivity contribution in [2.45, 2.75) is 38.0 Å². The highest BCUT2D eigenvalue weighted by atomic mass is 14.4. The summed E-state index contributed by atoms with van der Waals surface area (Å²) in [6.45, 7) is 4.46. The summed E-state index contributed by atoms with van der Waals surface area (Å²) < 4.78 is 0. The predicted octanol–water partition coefficient (Wildman–Crippen LogP) is 3.47. The van der Waals surface area contributed by atoms with Gasteiger partial charge in [0.1, 0.15) is 0 Å². The van der Waals surface area contributed by atoms with Crippen molar-refractivity contribution in [3.8, 4) is 12.3 Å². The van der Waals surface area contributed by atoms with Crippen LogP contribution in [0.3, 0.4) is 0 Å². The van der Waals surface area contributed by atoms with Gasteiger partial charge in [0.05, 0.1) is 5.41 Å². The Labute approximate surface area is 86.3 Å². The van der Waals surface area contributed by atoms with E-state index in [4.69, 9.17) is 6.42 Å². The van der Waals surface area contributed by atoms with Crippen LogP contribution in [0.15, 0.2) is 24.3 Å². The molecule has 0 atom stereocenters. The zero-order valence-corrected chi connectivity index (χ0v) is 8.88. The van der Waals surface area contributed by atoms with Crippen molar-refractivity contribution in [2.75, 3.05) is 0 Å². The second kappa shape index (κ2) is 3.17. The predicted molar refractivity (Wildman–Crippen MR) is 60.3 cm³/mol. The van der Waals surface area contributed by atoms with Crippen LogP contribution in [-0.2, 0) is 5.41 Å². The van der Waals surface area contributed by atoms with Gasteiger partial charge in [-0.25, -0.2) is 0 Å². The first-order valence-electron chi connectivity index (χ1n) is 5.27. The summed E-state index contributed by atoms with van der Waals surface area (Å²) in [6.07, 6.45) is 7.94. The van der Waals surface area contributed by atoms with Crippen LogP contribution in [0.25, 0.3) is 0 Å². The molecule has 0 nitrogen and oxygen atoms in total. The molecule has 1 aromatic rings. The Kier molecular flexibility index (Phi) is 2.11. The zero-order valence-electron chi connectivity index (χ0n) is 8.88. The molecule has 0 unspecified atom stereocenters. The van der Waals surface area contributed by atoms with Gasteiger partial charge in [0, 0.05) is 0 Å². The standard InChI is InChI=1S/C14H16/c1-4-14(9-10-14)13-8-6-5-7-12(13)11(2)3/h1,5-8,11H,9-10H2,2-3H3. The second-order valence-corrected chi connectivity index (χ2v) is 4.47. The van der Waals surface area contributed by atoms with E-state index in [-0.39, 0.29) is 5.41 Å². The van der Waals surface area contributed by atoms with Gasteiger partial charge in [-0.05, 0) is 29.9 Å². The summed E-state index contributed by atoms with van der Waals surface area (Å²) in [5.74, 6) is 3.53. The summed E-state index contributed by atoms with van der Waals surface area (Å²) in [4.78, 5) is 0. The van der Waals surface area contributed by atoms with Crippen molar-refractivity contribution < 1.29 is 0 Å². The Hall–Kier alpha value is -1.22. The molecular weight excluding hydrogens is 168 g/mol. The Bertz CT molecular complexity index is 375. The van der Waals surface area contributed by atoms with Gasteiger partial charge < -0.3 is 0 Å². The van der Waals surface area contributed by atoms with Crippen LogP contribution in [0.5, 0.6) is 0 Å². The molecule has 0 aliphatic heterocycles. The second-order valence-electron chi connectivity index (χ2n) is 4.47. The average Bonchev–Trinajstić information content (AvgIpc) is 2.98. The van der Waals surface area contributed by atoms with E-state index in [1.54, 1.807) is 0 Å². The Balaban J connectivity index is 2.48. The van der Waals surface area contributed by atoms with Gasteiger partial charge in [0.2, 0.25) is 0 Å². The molecule has 0 saturated heterocycles. The molecule has 1 aliphatic rings. The van der Waals surface area contributed by atoms with E-state index in [2.05, 4.69) is 44.0 Å². The lowest BCUT2D eigenvalue weighted by Gasteiger charge is -2.16. The van der Waals surface area contributed by atoms with Gasteiger partial charge in [-0.15, -0.1) is 6.42 Å². The van der Waals surface area contributed by atoms with Crippen molar-refractivity contribution in [3.63, 3.8) is 0 Å². The van der Waals surface area contributed by atoms with E-state index in [1.165, 1.54) is 11.1 Å². The number of hydrogen-bond acceptors (Lipinski definition) is 0. The molecule has 1 saturated carbocycles. The van der Waals surface area contributed by atoms with Crippen LogP contribution in [0, 0.1) is 12.3 Å². The van der Waals surface area contributed by atoms with Crippen molar-refractivity contribution in [3.05, 3.63) is 35.4 Å². The number of benzene rings is 1. The highest BCUT2D eigenvalue weighted by molar-refractivity contribution is 5.46. The van der Waals surface area contributed by atoms with Crippen molar-refractivity contribution in [2.24, 2.45) is 0 Å². The van der Waals surface area contributed by atoms with E-state index >= 15 is 0 Å². The van der Waals surface area contributed by atoms with Crippen LogP contribution >= 0.6 is 0 Å². The van der Waals surface area contributed by atoms with E-state index in [9.17, 15) is 0 Å². The molecule has 1 aromatic carbocycles. The van der Waals surface area contributed by atoms with Gasteiger partial charge >= 0.3 is 0 Å². The molecule has 0 bridgehead atoms. The maximum atomic E-state index is 5.62. The quantitative estimate of drug-likeness (QED) is 0.617. The fourth-order valence-corrected chi connectivity index (χ4v) is 2.05. The fraction of sp³-hybridized carbons (Fsp3) is 0.429. The first kappa shape index (κ1) is 9.34. The third-order valence-corrected chi connectivity index (χ3v) is 3.12. The van der Waals surface area contributed by atoms with Crippen LogP contribution < -0.4 is 0 Å². The van der Waals surface area contributed by atoms with Crippen molar-refractivity contribution in [1.82, 2.24) is 0 Å². The molecule has 1 fully saturated rings. The molecule has 2 rings (SSSR count). The van der Waals surface area contributed by atoms with Gasteiger partial charge in [-0.2, -0.15) is 0 Å². The lowest BCUT2D eigenvalue weighted by Crippen LogP contribution is -2.07. The third kappa shape index (κ3) is 1.34. The Morgan fingerprint density at radius 1 is 1.29 bits per heavy atom. The average molecular weight is 184 g/mol. The molecule has 0 radical (unpaired) electrons. The largest absolute Gasteiger partial charge is 0.119 e. The number of hydrogen-bond donors (Lipinski definition) is 0. The van der Waals surface area contributed by atoms with E-state index in [1.807, 2.05) is 0 Å². The van der Waals surface area contributed by atoms with Crippen molar-refractivity contribution >= 4 is 0 Å². The smallest absolute Gasteiger partial charge is 0.0564 e. The van der Waals surface area contributed by atoms with Crippen LogP contribution in [0.1, 0.15) is 43.7 Å². The minimum Gasteiger partial charge on any atom is -0.119 e. The fourth-order valence-electron chi connectivity index (χ4n) is 2.05. The van der Waals surface area contributed by atoms with Gasteiger partial charge in [0.25, 0.3) is 0 Å². The normalized spacial score (nSPS) is 17.9. The van der Waals surface area contributed by atoms with Crippen LogP contribution in [-0.4, -0.2) is 0 Å². The summed E-state index contributed by atoms with van der Waals surface area (Å²) in [5, 5.41) is 0. The molecular formula is C14H16. The number of rotatable bonds is 2. The summed E-state index contributed by atoms with van der Waals surface area (Å²) in [7, 11) is 0. The third-order valence-electron chi connectivity index (χ3n) is 3.12. The molecule has 0 heterocycles. The van der Waals surface area contributed by atoms with Gasteiger partial charge in [0.15, 0.2) is 0 Å². The van der Waals surface area contributed by atoms with E-state index < -0.39 is 0 Å². The molecule has 1 aliphatic carbocycles. The van der Waals surface area contributed by atoms with Gasteiger partial charge in [-0.1, -0.05) is 44.0 Å². The molecule has 0 aromatic heterocycles. The van der Waals surface area contributed by atoms with E-state index in [0.717, 1.165) is 12.8 Å². The molecule has 72 valence electrons. The topological polar surface area (TPSA) is 0 Å². The summed E-state index contributed by atoms with van der Waals surface area (Å²) in [5.41, 5.74) is 2.89. The molecule has 0 N–H and O–H groups in total. The maximum Gasteiger partial charge on any atom is 0.0564 e. The maximum absolute atomic E-state index is 5.62. The number of terminal acetylenes is 1. The summed E-state index contributed by atoms with van der Waals surface area (Å²) >= 11 is 0. The van der Waals surface area contributed by atoms with Crippen LogP contribution in [0.2, 0.25) is 0 Å². The zero-order chi connectivity index (χ0) is 10.2. The molecule has 0 amide bonds. The first-order chi connectivity index (χ1) is 6.69. The van der Waals surface area contributed by atoms with Crippen molar-refractivity contribution in [1.29, 1.82) is 0 Å². The van der Waals surface area contributed by atoms with Gasteiger partial charge in [-0.3, -0.25) is 0 Å². The molecule has 0 heteroatoms. The Morgan fingerprint density at radius 3 is 2.43 bits per heavy atom. The SMILES string of the molecule is C#CC1(c2ccccc2C(C)C)CC1. The Morgan fingerprint density at radius 2 is 1.93 bits per heavy atom. The molecule has 0 spiro atoms. The highest BCUT2D eigenvalue weighted by Gasteiger charge is 2.43. The highest BCUT2D eigenvalue weighted by Crippen LogP contribution is 2.49. The van der Waals surface area contributed by atoms with E-state index in [0.29, 0.717) is 5.92 Å². The minimum atomic E-state index is 0.0842. The minimum absolute atomic E-state index is 0.0842. The lowest BCUT2D eigenvalue weighted by atomic mass is 9.87.